The van der Waals surface area contributed by atoms with Crippen molar-refractivity contribution in [2.24, 2.45) is 10.9 Å². The highest BCUT2D eigenvalue weighted by Gasteiger charge is 2.38. The Morgan fingerprint density at radius 1 is 0.719 bits per heavy atom. The molecule has 0 fully saturated rings. The summed E-state index contributed by atoms with van der Waals surface area (Å²) in [7, 11) is 0. The number of anilines is 3. The van der Waals surface area contributed by atoms with Crippen LogP contribution in [0.1, 0.15) is 96.4 Å². The van der Waals surface area contributed by atoms with E-state index in [0.717, 1.165) is 82.3 Å². The molecule has 0 spiro atoms. The largest absolute Gasteiger partial charge is 0.475 e. The summed E-state index contributed by atoms with van der Waals surface area (Å²) in [5, 5.41) is 2.44. The van der Waals surface area contributed by atoms with Crippen molar-refractivity contribution < 1.29 is 4.74 Å². The van der Waals surface area contributed by atoms with Gasteiger partial charge in [-0.25, -0.2) is 9.98 Å². The molecular formula is C51H53N5O. The summed E-state index contributed by atoms with van der Waals surface area (Å²) < 4.78 is 8.87. The van der Waals surface area contributed by atoms with Gasteiger partial charge in [0.15, 0.2) is 0 Å². The Labute approximate surface area is 337 Å². The van der Waals surface area contributed by atoms with Gasteiger partial charge in [0.25, 0.3) is 0 Å². The molecule has 0 amide bonds. The van der Waals surface area contributed by atoms with Crippen molar-refractivity contribution >= 4 is 44.8 Å². The van der Waals surface area contributed by atoms with Gasteiger partial charge in [-0.05, 0) is 108 Å². The molecule has 9 rings (SSSR count). The van der Waals surface area contributed by atoms with Crippen LogP contribution >= 0.6 is 0 Å². The topological polar surface area (TPSA) is 55.5 Å². The van der Waals surface area contributed by atoms with Gasteiger partial charge in [0, 0.05) is 45.4 Å². The minimum absolute atomic E-state index is 0.0171. The Balaban J connectivity index is 1.30. The van der Waals surface area contributed by atoms with Crippen LogP contribution in [-0.2, 0) is 15.6 Å². The van der Waals surface area contributed by atoms with Crippen molar-refractivity contribution in [3.63, 3.8) is 0 Å². The third kappa shape index (κ3) is 6.40. The maximum absolute atomic E-state index is 6.52. The van der Waals surface area contributed by atoms with E-state index in [1.807, 2.05) is 18.5 Å². The fourth-order valence-electron chi connectivity index (χ4n) is 9.30. The predicted octanol–water partition coefficient (Wildman–Crippen LogP) is 13.0. The number of pyridine rings is 2. The predicted molar refractivity (Wildman–Crippen MR) is 237 cm³/mol. The quantitative estimate of drug-likeness (QED) is 0.147. The molecule has 2 aliphatic heterocycles. The van der Waals surface area contributed by atoms with Crippen LogP contribution in [0.15, 0.2) is 127 Å². The molecule has 4 aromatic carbocycles. The normalized spacial score (nSPS) is 16.2. The van der Waals surface area contributed by atoms with Crippen LogP contribution in [0.25, 0.3) is 38.9 Å². The van der Waals surface area contributed by atoms with Crippen molar-refractivity contribution in [2.45, 2.75) is 91.0 Å². The highest BCUT2D eigenvalue weighted by molar-refractivity contribution is 6.11. The van der Waals surface area contributed by atoms with Crippen molar-refractivity contribution in [3.8, 4) is 17.1 Å². The Bertz CT molecular complexity index is 2640. The van der Waals surface area contributed by atoms with E-state index in [-0.39, 0.29) is 16.9 Å². The van der Waals surface area contributed by atoms with Gasteiger partial charge >= 0.3 is 0 Å². The first kappa shape index (κ1) is 36.9. The summed E-state index contributed by atoms with van der Waals surface area (Å²) in [6.45, 7) is 16.7. The van der Waals surface area contributed by atoms with E-state index in [2.05, 4.69) is 161 Å². The molecule has 0 N–H and O–H groups in total. The van der Waals surface area contributed by atoms with Gasteiger partial charge in [0.1, 0.15) is 12.4 Å². The lowest BCUT2D eigenvalue weighted by molar-refractivity contribution is 0.261. The van der Waals surface area contributed by atoms with Crippen LogP contribution in [0, 0.1) is 5.92 Å². The van der Waals surface area contributed by atoms with Gasteiger partial charge in [-0.3, -0.25) is 9.55 Å². The van der Waals surface area contributed by atoms with E-state index in [1.165, 1.54) is 27.5 Å². The second-order valence-electron chi connectivity index (χ2n) is 17.5. The van der Waals surface area contributed by atoms with Gasteiger partial charge < -0.3 is 9.64 Å². The number of benzene rings is 4. The first-order chi connectivity index (χ1) is 27.6. The number of ether oxygens (including phenoxy) is 1. The molecule has 6 nitrogen and oxygen atoms in total. The number of nitrogens with zero attached hydrogens (tertiary/aromatic N) is 5. The lowest BCUT2D eigenvalue weighted by Gasteiger charge is -2.42. The lowest BCUT2D eigenvalue weighted by atomic mass is 9.73. The summed E-state index contributed by atoms with van der Waals surface area (Å²) in [5.41, 5.74) is 12.0. The Hall–Kier alpha value is -5.75. The minimum Gasteiger partial charge on any atom is -0.475 e. The van der Waals surface area contributed by atoms with E-state index >= 15 is 0 Å². The summed E-state index contributed by atoms with van der Waals surface area (Å²) in [4.78, 5) is 17.6. The molecule has 1 atom stereocenters. The van der Waals surface area contributed by atoms with E-state index in [4.69, 9.17) is 19.7 Å². The first-order valence-electron chi connectivity index (χ1n) is 20.8. The third-order valence-electron chi connectivity index (χ3n) is 12.3. The van der Waals surface area contributed by atoms with Gasteiger partial charge in [-0.15, -0.1) is 0 Å². The van der Waals surface area contributed by atoms with Crippen LogP contribution < -0.4 is 4.90 Å². The lowest BCUT2D eigenvalue weighted by Crippen LogP contribution is -2.30. The zero-order chi connectivity index (χ0) is 39.5. The number of hydrogen-bond acceptors (Lipinski definition) is 5. The average Bonchev–Trinajstić information content (AvgIpc) is 3.84. The second-order valence-corrected chi connectivity index (χ2v) is 17.5. The fourth-order valence-corrected chi connectivity index (χ4v) is 9.30. The molecule has 0 radical (unpaired) electrons. The summed E-state index contributed by atoms with van der Waals surface area (Å²) in [6.07, 6.45) is 8.45. The average molecular weight is 752 g/mol. The molecule has 7 aromatic rings. The number of rotatable bonds is 9. The molecular weight excluding hydrogens is 699 g/mol. The zero-order valence-corrected chi connectivity index (χ0v) is 34.4. The molecule has 0 bridgehead atoms. The smallest absolute Gasteiger partial charge is 0.216 e. The summed E-state index contributed by atoms with van der Waals surface area (Å²) in [5.74, 6) is 2.17. The van der Waals surface area contributed by atoms with Gasteiger partial charge in [-0.1, -0.05) is 104 Å². The molecule has 0 saturated carbocycles. The standard InChI is InChI=1S/C51H53N5O/c1-8-16-33(17-9-2)43-32-57-49(54-43)35-26-34(42-20-14-15-24-52-42)27-37(28-35)55-45-22-13-11-19-40(45)51(6,7)41-30-39-38-18-10-12-21-44(38)56(46(39)31-47(41)55)48-29-36(23-25-53-48)50(3,4)5/h10-15,18-31,33,43H,8-9,16-17,32H2,1-7H3/t43-/m0/s1. The van der Waals surface area contributed by atoms with Gasteiger partial charge in [0.05, 0.1) is 34.1 Å². The minimum atomic E-state index is -0.273. The van der Waals surface area contributed by atoms with Gasteiger partial charge in [0.2, 0.25) is 5.90 Å². The van der Waals surface area contributed by atoms with E-state index in [1.54, 1.807) is 0 Å². The number of fused-ring (bicyclic) bond motifs is 5. The zero-order valence-electron chi connectivity index (χ0n) is 34.4. The van der Waals surface area contributed by atoms with Gasteiger partial charge in [-0.2, -0.15) is 0 Å². The third-order valence-corrected chi connectivity index (χ3v) is 12.3. The van der Waals surface area contributed by atoms with Crippen LogP contribution in [-0.4, -0.2) is 33.1 Å². The molecule has 0 unspecified atom stereocenters. The second kappa shape index (κ2) is 14.3. The Morgan fingerprint density at radius 2 is 1.47 bits per heavy atom. The highest BCUT2D eigenvalue weighted by Crippen LogP contribution is 2.54. The molecule has 5 heterocycles. The van der Waals surface area contributed by atoms with Crippen LogP contribution in [0.2, 0.25) is 0 Å². The van der Waals surface area contributed by atoms with E-state index < -0.39 is 0 Å². The Morgan fingerprint density at radius 3 is 2.25 bits per heavy atom. The molecule has 0 aliphatic carbocycles. The monoisotopic (exact) mass is 751 g/mol. The van der Waals surface area contributed by atoms with Crippen molar-refractivity contribution in [3.05, 3.63) is 144 Å². The van der Waals surface area contributed by atoms with Crippen LogP contribution in [0.5, 0.6) is 0 Å². The van der Waals surface area contributed by atoms with Crippen molar-refractivity contribution in [1.82, 2.24) is 14.5 Å². The van der Waals surface area contributed by atoms with E-state index in [9.17, 15) is 0 Å². The first-order valence-corrected chi connectivity index (χ1v) is 20.8. The fraction of sp³-hybridized carbons (Fsp3) is 0.314. The van der Waals surface area contributed by atoms with Crippen LogP contribution in [0.3, 0.4) is 0 Å². The Kier molecular flexibility index (Phi) is 9.26. The van der Waals surface area contributed by atoms with Crippen molar-refractivity contribution in [2.75, 3.05) is 11.5 Å². The molecule has 6 heteroatoms. The summed E-state index contributed by atoms with van der Waals surface area (Å²) >= 11 is 0. The summed E-state index contributed by atoms with van der Waals surface area (Å²) in [6, 6.07) is 39.9. The van der Waals surface area contributed by atoms with Crippen LogP contribution in [0.4, 0.5) is 17.1 Å². The molecule has 288 valence electrons. The van der Waals surface area contributed by atoms with E-state index in [0.29, 0.717) is 12.5 Å². The highest BCUT2D eigenvalue weighted by atomic mass is 16.5. The number of aromatic nitrogens is 3. The SMILES string of the molecule is CCCC(CCC)[C@@H]1COC(c2cc(-c3ccccn3)cc(N3c4ccccc4C(C)(C)c4cc5c6ccccc6n(-c6cc(C(C)(C)C)ccn6)c5cc43)c2)=N1. The number of aliphatic imine (C=N–C) groups is 1. The molecule has 2 aliphatic rings. The molecule has 3 aromatic heterocycles. The maximum Gasteiger partial charge on any atom is 0.216 e. The number of para-hydroxylation sites is 2. The van der Waals surface area contributed by atoms with Crippen molar-refractivity contribution in [1.29, 1.82) is 0 Å². The number of hydrogen-bond donors (Lipinski definition) is 0. The maximum atomic E-state index is 6.52. The molecule has 57 heavy (non-hydrogen) atoms. The molecule has 0 saturated heterocycles.